The van der Waals surface area contributed by atoms with Gasteiger partial charge in [0.2, 0.25) is 11.8 Å². The molecule has 1 saturated heterocycles. The van der Waals surface area contributed by atoms with Crippen LogP contribution in [0.4, 0.5) is 0 Å². The van der Waals surface area contributed by atoms with E-state index >= 15 is 0 Å². The van der Waals surface area contributed by atoms with Crippen LogP contribution in [0.2, 0.25) is 0 Å². The van der Waals surface area contributed by atoms with Crippen LogP contribution in [0.5, 0.6) is 0 Å². The highest BCUT2D eigenvalue weighted by Gasteiger charge is 2.47. The van der Waals surface area contributed by atoms with Crippen molar-refractivity contribution < 1.29 is 47.2 Å². The van der Waals surface area contributed by atoms with E-state index in [4.69, 9.17) is 13.8 Å². The van der Waals surface area contributed by atoms with Crippen LogP contribution in [-0.4, -0.2) is 71.7 Å². The van der Waals surface area contributed by atoms with Gasteiger partial charge in [-0.05, 0) is 6.92 Å². The normalized spacial score (nSPS) is 21.6. The van der Waals surface area contributed by atoms with Crippen molar-refractivity contribution in [2.45, 2.75) is 52.6 Å². The summed E-state index contributed by atoms with van der Waals surface area (Å²) in [5, 5.41) is 4.72. The van der Waals surface area contributed by atoms with E-state index in [1.807, 2.05) is 0 Å². The number of thioether (sulfide) groups is 1. The Kier molecular flexibility index (Phi) is 12.2. The average Bonchev–Trinajstić information content (AvgIpc) is 2.72. The van der Waals surface area contributed by atoms with Crippen molar-refractivity contribution in [3.8, 4) is 0 Å². The molecule has 1 rings (SSSR count). The van der Waals surface area contributed by atoms with Gasteiger partial charge in [-0.25, -0.2) is 4.57 Å². The molecule has 1 heterocycles. The largest absolute Gasteiger partial charge is 0.472 e. The number of phosphoric acid groups is 1. The smallest absolute Gasteiger partial charge is 0.466 e. The molecule has 0 aromatic carbocycles. The van der Waals surface area contributed by atoms with Crippen LogP contribution in [-0.2, 0) is 42.3 Å². The SMILES string of the molecule is CCOC(=O)CCC(=O)CC(=O)SCCNC(=O)CCNC(=O)[C@@H]1OP(=O)(O)OCC1(C)C. The van der Waals surface area contributed by atoms with E-state index in [9.17, 15) is 33.4 Å². The second kappa shape index (κ2) is 13.8. The molecular formula is C19H31N2O10PS. The summed E-state index contributed by atoms with van der Waals surface area (Å²) in [6, 6.07) is 0. The number of Topliss-reactive ketones (excluding diaryl/α,β-unsaturated/α-hetero) is 1. The Morgan fingerprint density at radius 1 is 1.12 bits per heavy atom. The molecule has 1 aliphatic rings. The first-order chi connectivity index (χ1) is 15.4. The number of hydrogen-bond acceptors (Lipinski definition) is 10. The third-order valence-corrected chi connectivity index (χ3v) is 6.19. The number of ether oxygens (including phenoxy) is 1. The topological polar surface area (TPSA) is 174 Å². The molecule has 12 nitrogen and oxygen atoms in total. The summed E-state index contributed by atoms with van der Waals surface area (Å²) in [5.74, 6) is -1.57. The lowest BCUT2D eigenvalue weighted by molar-refractivity contribution is -0.144. The highest BCUT2D eigenvalue weighted by Crippen LogP contribution is 2.52. The van der Waals surface area contributed by atoms with Gasteiger partial charge in [-0.15, -0.1) is 0 Å². The summed E-state index contributed by atoms with van der Waals surface area (Å²) >= 11 is 0.899. The van der Waals surface area contributed by atoms with Gasteiger partial charge in [0.25, 0.3) is 0 Å². The van der Waals surface area contributed by atoms with Gasteiger partial charge in [-0.3, -0.25) is 33.0 Å². The van der Waals surface area contributed by atoms with E-state index < -0.39 is 31.2 Å². The maximum atomic E-state index is 12.3. The molecular weight excluding hydrogens is 479 g/mol. The van der Waals surface area contributed by atoms with Crippen LogP contribution in [0.1, 0.15) is 46.5 Å². The Balaban J connectivity index is 2.19. The fourth-order valence-electron chi connectivity index (χ4n) is 2.64. The maximum Gasteiger partial charge on any atom is 0.472 e. The molecule has 33 heavy (non-hydrogen) atoms. The Labute approximate surface area is 196 Å². The quantitative estimate of drug-likeness (QED) is 0.138. The van der Waals surface area contributed by atoms with E-state index in [-0.39, 0.29) is 74.5 Å². The van der Waals surface area contributed by atoms with E-state index in [1.54, 1.807) is 20.8 Å². The average molecular weight is 511 g/mol. The minimum atomic E-state index is -4.29. The molecule has 0 spiro atoms. The van der Waals surface area contributed by atoms with Crippen LogP contribution in [0.15, 0.2) is 0 Å². The molecule has 188 valence electrons. The summed E-state index contributed by atoms with van der Waals surface area (Å²) in [4.78, 5) is 68.2. The van der Waals surface area contributed by atoms with Crippen molar-refractivity contribution in [2.24, 2.45) is 5.41 Å². The third-order valence-electron chi connectivity index (χ3n) is 4.38. The highest BCUT2D eigenvalue weighted by molar-refractivity contribution is 8.13. The van der Waals surface area contributed by atoms with Gasteiger partial charge < -0.3 is 20.3 Å². The van der Waals surface area contributed by atoms with Crippen LogP contribution < -0.4 is 10.6 Å². The van der Waals surface area contributed by atoms with Crippen LogP contribution in [0.3, 0.4) is 0 Å². The molecule has 3 N–H and O–H groups in total. The predicted molar refractivity (Wildman–Crippen MR) is 118 cm³/mol. The summed E-state index contributed by atoms with van der Waals surface area (Å²) in [5.41, 5.74) is -0.826. The number of carbonyl (C=O) groups excluding carboxylic acids is 5. The summed E-state index contributed by atoms with van der Waals surface area (Å²) in [6.07, 6.45) is -1.66. The molecule has 1 fully saturated rings. The van der Waals surface area contributed by atoms with Crippen molar-refractivity contribution in [3.05, 3.63) is 0 Å². The Morgan fingerprint density at radius 2 is 1.82 bits per heavy atom. The van der Waals surface area contributed by atoms with E-state index in [0.717, 1.165) is 11.8 Å². The number of rotatable bonds is 13. The van der Waals surface area contributed by atoms with Crippen LogP contribution in [0, 0.1) is 5.41 Å². The molecule has 0 bridgehead atoms. The van der Waals surface area contributed by atoms with Gasteiger partial charge in [0.05, 0.1) is 26.1 Å². The second-order valence-electron chi connectivity index (χ2n) is 7.85. The zero-order valence-corrected chi connectivity index (χ0v) is 20.6. The first-order valence-electron chi connectivity index (χ1n) is 10.4. The summed E-state index contributed by atoms with van der Waals surface area (Å²) in [7, 11) is -4.29. The number of nitrogens with one attached hydrogen (secondary N) is 2. The molecule has 1 unspecified atom stereocenters. The van der Waals surface area contributed by atoms with Gasteiger partial charge in [0.1, 0.15) is 5.78 Å². The Hall–Kier alpha value is -1.79. The van der Waals surface area contributed by atoms with E-state index in [1.165, 1.54) is 0 Å². The fourth-order valence-corrected chi connectivity index (χ4v) is 4.54. The predicted octanol–water partition coefficient (Wildman–Crippen LogP) is 0.713. The monoisotopic (exact) mass is 510 g/mol. The molecule has 0 radical (unpaired) electrons. The minimum absolute atomic E-state index is 0.0156. The lowest BCUT2D eigenvalue weighted by Crippen LogP contribution is -2.49. The zero-order chi connectivity index (χ0) is 25.1. The lowest BCUT2D eigenvalue weighted by atomic mass is 9.87. The number of esters is 1. The lowest BCUT2D eigenvalue weighted by Gasteiger charge is -2.38. The van der Waals surface area contributed by atoms with Crippen LogP contribution >= 0.6 is 19.6 Å². The van der Waals surface area contributed by atoms with Gasteiger partial charge in [-0.1, -0.05) is 25.6 Å². The number of hydrogen-bond donors (Lipinski definition) is 3. The van der Waals surface area contributed by atoms with Gasteiger partial charge >= 0.3 is 13.8 Å². The number of carbonyl (C=O) groups is 5. The second-order valence-corrected chi connectivity index (χ2v) is 10.4. The van der Waals surface area contributed by atoms with Crippen molar-refractivity contribution in [1.82, 2.24) is 10.6 Å². The number of amides is 2. The van der Waals surface area contributed by atoms with Crippen LogP contribution in [0.25, 0.3) is 0 Å². The molecule has 1 aliphatic heterocycles. The summed E-state index contributed by atoms with van der Waals surface area (Å²) < 4.78 is 25.8. The van der Waals surface area contributed by atoms with Crippen molar-refractivity contribution in [2.75, 3.05) is 32.1 Å². The minimum Gasteiger partial charge on any atom is -0.466 e. The molecule has 0 aliphatic carbocycles. The molecule has 0 aromatic rings. The van der Waals surface area contributed by atoms with Crippen molar-refractivity contribution in [3.63, 3.8) is 0 Å². The Morgan fingerprint density at radius 3 is 2.48 bits per heavy atom. The summed E-state index contributed by atoms with van der Waals surface area (Å²) in [6.45, 7) is 5.23. The zero-order valence-electron chi connectivity index (χ0n) is 18.9. The number of ketones is 1. The van der Waals surface area contributed by atoms with Gasteiger partial charge in [0.15, 0.2) is 11.2 Å². The van der Waals surface area contributed by atoms with E-state index in [2.05, 4.69) is 10.6 Å². The fraction of sp³-hybridized carbons (Fsp3) is 0.737. The standard InChI is InChI=1S/C19H31N2O10PS/c1-4-29-15(24)6-5-13(22)11-16(25)33-10-9-20-14(23)7-8-21-18(26)17-19(2,3)12-30-32(27,28)31-17/h17H,4-12H2,1-3H3,(H,20,23)(H,21,26)(H,27,28)/t17-/m0/s1. The van der Waals surface area contributed by atoms with Crippen molar-refractivity contribution >= 4 is 48.3 Å². The first-order valence-corrected chi connectivity index (χ1v) is 12.9. The van der Waals surface area contributed by atoms with Crippen molar-refractivity contribution in [1.29, 1.82) is 0 Å². The molecule has 2 amide bonds. The Bertz CT molecular complexity index is 789. The highest BCUT2D eigenvalue weighted by atomic mass is 32.2. The van der Waals surface area contributed by atoms with E-state index in [0.29, 0.717) is 0 Å². The molecule has 0 aromatic heterocycles. The molecule has 14 heteroatoms. The molecule has 2 atom stereocenters. The maximum absolute atomic E-state index is 12.3. The first kappa shape index (κ1) is 29.2. The third kappa shape index (κ3) is 11.8. The number of phosphoric ester groups is 1. The molecule has 0 saturated carbocycles. The van der Waals surface area contributed by atoms with Gasteiger partial charge in [-0.2, -0.15) is 0 Å². The van der Waals surface area contributed by atoms with Gasteiger partial charge in [0, 0.05) is 37.1 Å².